The van der Waals surface area contributed by atoms with Gasteiger partial charge in [-0.15, -0.1) is 0 Å². The summed E-state index contributed by atoms with van der Waals surface area (Å²) in [5.41, 5.74) is -0.0527. The van der Waals surface area contributed by atoms with Crippen molar-refractivity contribution in [2.45, 2.75) is 0 Å². The van der Waals surface area contributed by atoms with Gasteiger partial charge in [-0.05, 0) is 35.9 Å². The number of urea groups is 1. The van der Waals surface area contributed by atoms with Crippen molar-refractivity contribution in [1.82, 2.24) is 9.80 Å². The van der Waals surface area contributed by atoms with Gasteiger partial charge in [-0.25, -0.2) is 14.0 Å². The lowest BCUT2D eigenvalue weighted by molar-refractivity contribution is -0.134. The van der Waals surface area contributed by atoms with Gasteiger partial charge in [-0.2, -0.15) is 0 Å². The Balaban J connectivity index is 1.91. The molecule has 8 nitrogen and oxygen atoms in total. The van der Waals surface area contributed by atoms with Gasteiger partial charge in [0.25, 0.3) is 11.8 Å². The predicted molar refractivity (Wildman–Crippen MR) is 103 cm³/mol. The van der Waals surface area contributed by atoms with Gasteiger partial charge in [0.2, 0.25) is 0 Å². The third-order valence-corrected chi connectivity index (χ3v) is 4.44. The first-order valence-corrected chi connectivity index (χ1v) is 8.71. The number of carbonyl (C=O) groups excluding carboxylic acids is 4. The molecular weight excluding hydrogens is 395 g/mol. The summed E-state index contributed by atoms with van der Waals surface area (Å²) in [5, 5.41) is 0. The van der Waals surface area contributed by atoms with E-state index in [2.05, 4.69) is 0 Å². The number of hydrogen-bond acceptors (Lipinski definition) is 6. The van der Waals surface area contributed by atoms with Crippen LogP contribution in [0.5, 0.6) is 11.5 Å². The molecule has 2 aromatic rings. The van der Waals surface area contributed by atoms with E-state index in [1.165, 1.54) is 63.7 Å². The molecule has 2 aromatic carbocycles. The van der Waals surface area contributed by atoms with E-state index < -0.39 is 29.6 Å². The fourth-order valence-corrected chi connectivity index (χ4v) is 2.78. The lowest BCUT2D eigenvalue weighted by Crippen LogP contribution is -2.52. The Morgan fingerprint density at radius 2 is 1.60 bits per heavy atom. The van der Waals surface area contributed by atoms with Crippen LogP contribution in [-0.2, 0) is 9.59 Å². The maximum absolute atomic E-state index is 13.8. The Labute approximate surface area is 171 Å². The summed E-state index contributed by atoms with van der Waals surface area (Å²) in [6, 6.07) is 8.96. The number of benzene rings is 2. The van der Waals surface area contributed by atoms with E-state index in [4.69, 9.17) is 9.47 Å². The van der Waals surface area contributed by atoms with E-state index in [-0.39, 0.29) is 22.6 Å². The summed E-state index contributed by atoms with van der Waals surface area (Å²) in [5.74, 6) is -2.95. The Morgan fingerprint density at radius 3 is 2.20 bits per heavy atom. The third-order valence-electron chi connectivity index (χ3n) is 4.44. The van der Waals surface area contributed by atoms with Crippen LogP contribution < -0.4 is 9.47 Å². The van der Waals surface area contributed by atoms with Crippen molar-refractivity contribution < 1.29 is 33.0 Å². The van der Waals surface area contributed by atoms with E-state index >= 15 is 0 Å². The molecule has 0 bridgehead atoms. The third kappa shape index (κ3) is 3.77. The van der Waals surface area contributed by atoms with Gasteiger partial charge in [0.1, 0.15) is 11.4 Å². The van der Waals surface area contributed by atoms with Crippen LogP contribution in [-0.4, -0.2) is 54.8 Å². The molecule has 30 heavy (non-hydrogen) atoms. The van der Waals surface area contributed by atoms with Gasteiger partial charge < -0.3 is 9.47 Å². The number of nitrogens with zero attached hydrogens (tertiary/aromatic N) is 2. The number of barbiturate groups is 1. The second-order valence-corrected chi connectivity index (χ2v) is 6.35. The first kappa shape index (κ1) is 20.7. The molecule has 0 radical (unpaired) electrons. The molecule has 154 valence electrons. The van der Waals surface area contributed by atoms with E-state index in [1.54, 1.807) is 0 Å². The maximum atomic E-state index is 13.8. The molecule has 1 fully saturated rings. The van der Waals surface area contributed by atoms with Crippen LogP contribution in [0.15, 0.2) is 48.0 Å². The summed E-state index contributed by atoms with van der Waals surface area (Å²) in [6.45, 7) is 0. The molecule has 1 saturated heterocycles. The molecule has 0 aliphatic carbocycles. The smallest absolute Gasteiger partial charge is 0.346 e. The molecule has 3 rings (SSSR count). The zero-order chi connectivity index (χ0) is 22.0. The topological polar surface area (TPSA) is 93.2 Å². The summed E-state index contributed by atoms with van der Waals surface area (Å²) in [6.07, 6.45) is 1.30. The number of rotatable bonds is 4. The summed E-state index contributed by atoms with van der Waals surface area (Å²) in [4.78, 5) is 50.3. The van der Waals surface area contributed by atoms with Crippen molar-refractivity contribution in [2.24, 2.45) is 0 Å². The van der Waals surface area contributed by atoms with Gasteiger partial charge in [-0.1, -0.05) is 18.2 Å². The standard InChI is InChI=1S/C21H17FN2O6/c1-23-18(25)14(19(26)24(2)21(23)28)10-12-8-9-16(17(11-12)29-3)30-20(27)13-6-4-5-7-15(13)22/h4-11H,1-3H3. The van der Waals surface area contributed by atoms with Gasteiger partial charge in [-0.3, -0.25) is 19.4 Å². The van der Waals surface area contributed by atoms with Crippen molar-refractivity contribution in [1.29, 1.82) is 0 Å². The molecule has 1 heterocycles. The Bertz CT molecular complexity index is 1070. The Hall–Kier alpha value is -4.01. The molecule has 0 aromatic heterocycles. The molecular formula is C21H17FN2O6. The number of methoxy groups -OCH3 is 1. The number of carbonyl (C=O) groups is 4. The molecule has 0 N–H and O–H groups in total. The largest absolute Gasteiger partial charge is 0.493 e. The number of hydrogen-bond donors (Lipinski definition) is 0. The monoisotopic (exact) mass is 412 g/mol. The fourth-order valence-electron chi connectivity index (χ4n) is 2.78. The fraction of sp³-hybridized carbons (Fsp3) is 0.143. The Kier molecular flexibility index (Phi) is 5.63. The lowest BCUT2D eigenvalue weighted by Gasteiger charge is -2.28. The van der Waals surface area contributed by atoms with Crippen molar-refractivity contribution in [2.75, 3.05) is 21.2 Å². The second kappa shape index (κ2) is 8.16. The zero-order valence-electron chi connectivity index (χ0n) is 16.3. The molecule has 0 unspecified atom stereocenters. The van der Waals surface area contributed by atoms with Crippen LogP contribution in [0.3, 0.4) is 0 Å². The average molecular weight is 412 g/mol. The number of esters is 1. The van der Waals surface area contributed by atoms with E-state index in [0.29, 0.717) is 5.56 Å². The number of halogens is 1. The number of imide groups is 2. The van der Waals surface area contributed by atoms with E-state index in [1.807, 2.05) is 0 Å². The zero-order valence-corrected chi connectivity index (χ0v) is 16.3. The average Bonchev–Trinajstić information content (AvgIpc) is 2.75. The van der Waals surface area contributed by atoms with Crippen molar-refractivity contribution >= 4 is 29.9 Å². The first-order valence-electron chi connectivity index (χ1n) is 8.71. The van der Waals surface area contributed by atoms with Crippen LogP contribution >= 0.6 is 0 Å². The minimum absolute atomic E-state index is 0.0265. The van der Waals surface area contributed by atoms with E-state index in [9.17, 15) is 23.6 Å². The Morgan fingerprint density at radius 1 is 0.967 bits per heavy atom. The van der Waals surface area contributed by atoms with Crippen molar-refractivity contribution in [3.8, 4) is 11.5 Å². The minimum Gasteiger partial charge on any atom is -0.493 e. The highest BCUT2D eigenvalue weighted by atomic mass is 19.1. The second-order valence-electron chi connectivity index (χ2n) is 6.35. The van der Waals surface area contributed by atoms with Crippen LogP contribution in [0, 0.1) is 5.82 Å². The normalized spacial score (nSPS) is 14.1. The highest BCUT2D eigenvalue weighted by molar-refractivity contribution is 6.30. The molecule has 1 aliphatic heterocycles. The molecule has 0 atom stereocenters. The molecule has 4 amide bonds. The maximum Gasteiger partial charge on any atom is 0.346 e. The highest BCUT2D eigenvalue weighted by Gasteiger charge is 2.37. The predicted octanol–water partition coefficient (Wildman–Crippen LogP) is 2.49. The SMILES string of the molecule is COc1cc(C=C2C(=O)N(C)C(=O)N(C)C2=O)ccc1OC(=O)c1ccccc1F. The van der Waals surface area contributed by atoms with Gasteiger partial charge in [0, 0.05) is 14.1 Å². The van der Waals surface area contributed by atoms with E-state index in [0.717, 1.165) is 15.9 Å². The van der Waals surface area contributed by atoms with Crippen LogP contribution in [0.4, 0.5) is 9.18 Å². The molecule has 0 spiro atoms. The van der Waals surface area contributed by atoms with Gasteiger partial charge >= 0.3 is 12.0 Å². The summed E-state index contributed by atoms with van der Waals surface area (Å²) in [7, 11) is 3.88. The lowest BCUT2D eigenvalue weighted by atomic mass is 10.1. The van der Waals surface area contributed by atoms with Gasteiger partial charge in [0.15, 0.2) is 11.5 Å². The number of amides is 4. The van der Waals surface area contributed by atoms with Crippen LogP contribution in [0.25, 0.3) is 6.08 Å². The highest BCUT2D eigenvalue weighted by Crippen LogP contribution is 2.30. The van der Waals surface area contributed by atoms with Gasteiger partial charge in [0.05, 0.1) is 12.7 Å². The quantitative estimate of drug-likeness (QED) is 0.332. The number of ether oxygens (including phenoxy) is 2. The first-order chi connectivity index (χ1) is 14.2. The van der Waals surface area contributed by atoms with Crippen LogP contribution in [0.1, 0.15) is 15.9 Å². The minimum atomic E-state index is -0.906. The molecule has 1 aliphatic rings. The van der Waals surface area contributed by atoms with Crippen LogP contribution in [0.2, 0.25) is 0 Å². The molecule has 9 heteroatoms. The number of likely N-dealkylation sites (N-methyl/N-ethyl adjacent to an activating group) is 2. The summed E-state index contributed by atoms with van der Waals surface area (Å²) >= 11 is 0. The summed E-state index contributed by atoms with van der Waals surface area (Å²) < 4.78 is 24.2. The van der Waals surface area contributed by atoms with Crippen molar-refractivity contribution in [3.05, 3.63) is 65.0 Å². The van der Waals surface area contributed by atoms with Crippen molar-refractivity contribution in [3.63, 3.8) is 0 Å². The molecule has 0 saturated carbocycles.